The molecule has 1 aromatic rings. The molecule has 0 unspecified atom stereocenters. The van der Waals surface area contributed by atoms with Crippen LogP contribution in [0.15, 0.2) is 6.20 Å². The zero-order chi connectivity index (χ0) is 18.2. The Morgan fingerprint density at radius 1 is 1.29 bits per heavy atom. The number of hydrogen-bond acceptors (Lipinski definition) is 4. The molecule has 0 aliphatic carbocycles. The molecule has 1 aliphatic rings. The lowest BCUT2D eigenvalue weighted by molar-refractivity contribution is -0.135. The van der Waals surface area contributed by atoms with Gasteiger partial charge in [-0.25, -0.2) is 4.98 Å². The second-order valence-corrected chi connectivity index (χ2v) is 5.62. The summed E-state index contributed by atoms with van der Waals surface area (Å²) in [6.07, 6.45) is -1.38. The highest BCUT2D eigenvalue weighted by molar-refractivity contribution is 5.38. The molecule has 0 aromatic carbocycles. The van der Waals surface area contributed by atoms with Gasteiger partial charge in [-0.1, -0.05) is 13.8 Å². The van der Waals surface area contributed by atoms with Gasteiger partial charge in [0.25, 0.3) is 0 Å². The average Bonchev–Trinajstić information content (AvgIpc) is 2.57. The summed E-state index contributed by atoms with van der Waals surface area (Å²) in [6.45, 7) is 7.23. The fraction of sp³-hybridized carbons (Fsp3) is 0.706. The summed E-state index contributed by atoms with van der Waals surface area (Å²) in [5.41, 5.74) is 1.31. The van der Waals surface area contributed by atoms with Crippen LogP contribution in [-0.4, -0.2) is 29.2 Å². The van der Waals surface area contributed by atoms with Crippen LogP contribution in [0.4, 0.5) is 19.0 Å². The Bertz CT molecular complexity index is 544. The van der Waals surface area contributed by atoms with Gasteiger partial charge in [0.05, 0.1) is 23.7 Å². The number of halogens is 3. The predicted octanol–water partition coefficient (Wildman–Crippen LogP) is 4.44. The highest BCUT2D eigenvalue weighted by Gasteiger charge is 2.26. The third-order valence-electron chi connectivity index (χ3n) is 3.92. The quantitative estimate of drug-likeness (QED) is 0.812. The number of aromatic nitrogens is 2. The van der Waals surface area contributed by atoms with Gasteiger partial charge >= 0.3 is 6.18 Å². The largest absolute Gasteiger partial charge is 0.389 e. The predicted molar refractivity (Wildman–Crippen MR) is 87.7 cm³/mol. The van der Waals surface area contributed by atoms with Gasteiger partial charge in [0, 0.05) is 25.4 Å². The Balaban J connectivity index is 0.00000139. The van der Waals surface area contributed by atoms with E-state index in [1.165, 1.54) is 0 Å². The van der Waals surface area contributed by atoms with E-state index in [-0.39, 0.29) is 18.8 Å². The molecule has 1 aromatic heterocycles. The molecule has 24 heavy (non-hydrogen) atoms. The number of hydrogen-bond donors (Lipinski definition) is 0. The maximum absolute atomic E-state index is 12.2. The van der Waals surface area contributed by atoms with Crippen molar-refractivity contribution in [3.8, 4) is 6.07 Å². The maximum atomic E-state index is 12.2. The monoisotopic (exact) mass is 342 g/mol. The summed E-state index contributed by atoms with van der Waals surface area (Å²) >= 11 is 0. The summed E-state index contributed by atoms with van der Waals surface area (Å²) < 4.78 is 36.7. The maximum Gasteiger partial charge on any atom is 0.389 e. The van der Waals surface area contributed by atoms with Crippen molar-refractivity contribution in [2.45, 2.75) is 59.1 Å². The summed E-state index contributed by atoms with van der Waals surface area (Å²) in [5.74, 6) is 0.782. The summed E-state index contributed by atoms with van der Waals surface area (Å²) in [7, 11) is 0. The zero-order valence-corrected chi connectivity index (χ0v) is 14.5. The van der Waals surface area contributed by atoms with Crippen LogP contribution in [0.1, 0.15) is 50.9 Å². The first kappa shape index (κ1) is 20.2. The van der Waals surface area contributed by atoms with E-state index in [1.807, 2.05) is 18.7 Å². The Kier molecular flexibility index (Phi) is 7.96. The standard InChI is InChI=1S/C15H19F3N4.C2H6/c1-11-13(3-2-6-15(16,17)18)21-14(10-20-11)22-7-4-12(9-19)5-8-22;1-2/h10,12H,2-8H2,1H3;1-2H3. The minimum Gasteiger partial charge on any atom is -0.355 e. The first-order chi connectivity index (χ1) is 11.4. The van der Waals surface area contributed by atoms with Gasteiger partial charge in [0.15, 0.2) is 0 Å². The molecule has 0 N–H and O–H groups in total. The second kappa shape index (κ2) is 9.45. The lowest BCUT2D eigenvalue weighted by Crippen LogP contribution is -2.34. The molecule has 0 bridgehead atoms. The van der Waals surface area contributed by atoms with Crippen molar-refractivity contribution in [1.29, 1.82) is 5.26 Å². The van der Waals surface area contributed by atoms with Crippen molar-refractivity contribution in [1.82, 2.24) is 9.97 Å². The second-order valence-electron chi connectivity index (χ2n) is 5.62. The molecule has 2 heterocycles. The Labute approximate surface area is 141 Å². The smallest absolute Gasteiger partial charge is 0.355 e. The summed E-state index contributed by atoms with van der Waals surface area (Å²) in [4.78, 5) is 10.8. The average molecular weight is 342 g/mol. The lowest BCUT2D eigenvalue weighted by Gasteiger charge is -2.30. The molecule has 1 saturated heterocycles. The third kappa shape index (κ3) is 6.34. The lowest BCUT2D eigenvalue weighted by atomic mass is 9.99. The van der Waals surface area contributed by atoms with E-state index in [4.69, 9.17) is 5.26 Å². The van der Waals surface area contributed by atoms with Crippen LogP contribution in [0.3, 0.4) is 0 Å². The fourth-order valence-electron chi connectivity index (χ4n) is 2.56. The van der Waals surface area contributed by atoms with Gasteiger partial charge in [-0.3, -0.25) is 4.98 Å². The molecule has 7 heteroatoms. The third-order valence-corrected chi connectivity index (χ3v) is 3.92. The van der Waals surface area contributed by atoms with E-state index in [0.717, 1.165) is 25.9 Å². The molecule has 0 radical (unpaired) electrons. The fourth-order valence-corrected chi connectivity index (χ4v) is 2.56. The van der Waals surface area contributed by atoms with Crippen molar-refractivity contribution >= 4 is 5.82 Å². The van der Waals surface area contributed by atoms with Crippen molar-refractivity contribution in [3.63, 3.8) is 0 Å². The molecule has 0 atom stereocenters. The molecule has 1 aliphatic heterocycles. The molecule has 1 fully saturated rings. The molecule has 0 saturated carbocycles. The number of nitriles is 1. The Morgan fingerprint density at radius 3 is 2.46 bits per heavy atom. The number of rotatable bonds is 4. The highest BCUT2D eigenvalue weighted by atomic mass is 19.4. The molecule has 134 valence electrons. The van der Waals surface area contributed by atoms with Gasteiger partial charge in [0.2, 0.25) is 0 Å². The molecule has 0 spiro atoms. The molecule has 4 nitrogen and oxygen atoms in total. The van der Waals surface area contributed by atoms with Crippen molar-refractivity contribution in [3.05, 3.63) is 17.6 Å². The van der Waals surface area contributed by atoms with Gasteiger partial charge < -0.3 is 4.90 Å². The normalized spacial score (nSPS) is 15.5. The summed E-state index contributed by atoms with van der Waals surface area (Å²) in [5, 5.41) is 8.90. The van der Waals surface area contributed by atoms with E-state index < -0.39 is 12.6 Å². The first-order valence-corrected chi connectivity index (χ1v) is 8.43. The van der Waals surface area contributed by atoms with E-state index in [0.29, 0.717) is 17.2 Å². The Morgan fingerprint density at radius 2 is 1.92 bits per heavy atom. The molecular weight excluding hydrogens is 317 g/mol. The van der Waals surface area contributed by atoms with Crippen molar-refractivity contribution < 1.29 is 13.2 Å². The van der Waals surface area contributed by atoms with Crippen LogP contribution in [0.5, 0.6) is 0 Å². The minimum absolute atomic E-state index is 0.0268. The van der Waals surface area contributed by atoms with E-state index in [2.05, 4.69) is 16.0 Å². The van der Waals surface area contributed by atoms with Crippen LogP contribution >= 0.6 is 0 Å². The van der Waals surface area contributed by atoms with Crippen LogP contribution in [0, 0.1) is 24.2 Å². The van der Waals surface area contributed by atoms with Gasteiger partial charge in [-0.2, -0.15) is 18.4 Å². The number of nitrogens with zero attached hydrogens (tertiary/aromatic N) is 4. The van der Waals surface area contributed by atoms with Crippen molar-refractivity contribution in [2.24, 2.45) is 5.92 Å². The van der Waals surface area contributed by atoms with E-state index in [9.17, 15) is 13.2 Å². The molecule has 0 amide bonds. The van der Waals surface area contributed by atoms with Gasteiger partial charge in [0.1, 0.15) is 5.82 Å². The van der Waals surface area contributed by atoms with E-state index in [1.54, 1.807) is 13.1 Å². The molecule has 2 rings (SSSR count). The number of aryl methyl sites for hydroxylation is 2. The first-order valence-electron chi connectivity index (χ1n) is 8.43. The highest BCUT2D eigenvalue weighted by Crippen LogP contribution is 2.24. The van der Waals surface area contributed by atoms with Gasteiger partial charge in [-0.05, 0) is 32.6 Å². The SMILES string of the molecule is CC.Cc1ncc(N2CCC(C#N)CC2)nc1CCCC(F)(F)F. The van der Waals surface area contributed by atoms with E-state index >= 15 is 0 Å². The van der Waals surface area contributed by atoms with Crippen molar-refractivity contribution in [2.75, 3.05) is 18.0 Å². The number of piperidine rings is 1. The summed E-state index contributed by atoms with van der Waals surface area (Å²) in [6, 6.07) is 2.27. The van der Waals surface area contributed by atoms with Crippen LogP contribution in [0.25, 0.3) is 0 Å². The van der Waals surface area contributed by atoms with Crippen LogP contribution in [0.2, 0.25) is 0 Å². The molecular formula is C17H25F3N4. The van der Waals surface area contributed by atoms with Crippen LogP contribution < -0.4 is 4.90 Å². The number of anilines is 1. The van der Waals surface area contributed by atoms with Gasteiger partial charge in [-0.15, -0.1) is 0 Å². The Hall–Kier alpha value is -1.84. The van der Waals surface area contributed by atoms with Crippen LogP contribution in [-0.2, 0) is 6.42 Å². The zero-order valence-electron chi connectivity index (χ0n) is 14.5. The number of alkyl halides is 3. The topological polar surface area (TPSA) is 52.8 Å². The minimum atomic E-state index is -4.13.